The number of phenols is 3. The van der Waals surface area contributed by atoms with Crippen molar-refractivity contribution in [1.29, 1.82) is 0 Å². The lowest BCUT2D eigenvalue weighted by molar-refractivity contribution is -0.0425. The molecule has 3 rings (SSSR count). The van der Waals surface area contributed by atoms with Crippen LogP contribution in [0.2, 0.25) is 0 Å². The number of ether oxygens (including phenoxy) is 1. The van der Waals surface area contributed by atoms with E-state index in [9.17, 15) is 25.2 Å². The second kappa shape index (κ2) is 6.38. The van der Waals surface area contributed by atoms with Crippen molar-refractivity contribution in [2.45, 2.75) is 32.0 Å². The van der Waals surface area contributed by atoms with E-state index in [-0.39, 0.29) is 22.8 Å². The highest BCUT2D eigenvalue weighted by molar-refractivity contribution is 6.08. The largest absolute Gasteiger partial charge is 0.508 e. The minimum Gasteiger partial charge on any atom is -0.508 e. The summed E-state index contributed by atoms with van der Waals surface area (Å²) in [6.07, 6.45) is 2.37. The molecule has 1 heterocycles. The summed E-state index contributed by atoms with van der Waals surface area (Å²) in [5.74, 6) is -0.630. The zero-order chi connectivity index (χ0) is 19.1. The van der Waals surface area contributed by atoms with Gasteiger partial charge in [-0.25, -0.2) is 0 Å². The monoisotopic (exact) mass is 356 g/mol. The van der Waals surface area contributed by atoms with Gasteiger partial charge in [0.25, 0.3) is 0 Å². The van der Waals surface area contributed by atoms with Crippen LogP contribution >= 0.6 is 0 Å². The Kier molecular flexibility index (Phi) is 4.38. The number of carbonyl (C=O) groups is 1. The molecule has 4 N–H and O–H groups in total. The van der Waals surface area contributed by atoms with Crippen LogP contribution in [0.3, 0.4) is 0 Å². The normalized spacial score (nSPS) is 18.3. The van der Waals surface area contributed by atoms with Gasteiger partial charge in [-0.05, 0) is 49.8 Å². The van der Waals surface area contributed by atoms with Gasteiger partial charge in [0, 0.05) is 18.1 Å². The van der Waals surface area contributed by atoms with Gasteiger partial charge in [0.05, 0.1) is 11.7 Å². The number of aliphatic hydroxyl groups is 1. The van der Waals surface area contributed by atoms with E-state index in [4.69, 9.17) is 4.74 Å². The second-order valence-corrected chi connectivity index (χ2v) is 6.85. The van der Waals surface area contributed by atoms with Crippen molar-refractivity contribution in [3.05, 3.63) is 53.1 Å². The van der Waals surface area contributed by atoms with Gasteiger partial charge in [-0.15, -0.1) is 0 Å². The van der Waals surface area contributed by atoms with Crippen LogP contribution in [0, 0.1) is 0 Å². The Morgan fingerprint density at radius 2 is 1.88 bits per heavy atom. The highest BCUT2D eigenvalue weighted by atomic mass is 16.5. The predicted molar refractivity (Wildman–Crippen MR) is 95.7 cm³/mol. The Balaban J connectivity index is 1.87. The second-order valence-electron chi connectivity index (χ2n) is 6.85. The molecule has 6 heteroatoms. The van der Waals surface area contributed by atoms with Gasteiger partial charge in [0.15, 0.2) is 17.3 Å². The van der Waals surface area contributed by atoms with E-state index in [1.54, 1.807) is 19.9 Å². The maximum absolute atomic E-state index is 12.2. The SMILES string of the molecule is CC1(C)Oc2c(O)cc(C=CC(=O)c3ccc(O)cc3O)cc2CC1O. The average Bonchev–Trinajstić information content (AvgIpc) is 2.54. The first-order valence-electron chi connectivity index (χ1n) is 8.15. The van der Waals surface area contributed by atoms with E-state index in [2.05, 4.69) is 0 Å². The molecule has 0 aromatic heterocycles. The third-order valence-corrected chi connectivity index (χ3v) is 4.42. The standard InChI is InChI=1S/C20H20O6/c1-20(2)18(25)9-12-7-11(8-17(24)19(12)26-20)3-6-15(22)14-5-4-13(21)10-16(14)23/h3-8,10,18,21,23-25H,9H2,1-2H3. The highest BCUT2D eigenvalue weighted by Crippen LogP contribution is 2.40. The number of hydrogen-bond acceptors (Lipinski definition) is 6. The summed E-state index contributed by atoms with van der Waals surface area (Å²) in [7, 11) is 0. The van der Waals surface area contributed by atoms with Crippen molar-refractivity contribution in [2.24, 2.45) is 0 Å². The van der Waals surface area contributed by atoms with Gasteiger partial charge < -0.3 is 25.2 Å². The molecule has 1 aliphatic heterocycles. The molecule has 6 nitrogen and oxygen atoms in total. The molecule has 0 amide bonds. The van der Waals surface area contributed by atoms with Crippen LogP contribution in [0.1, 0.15) is 35.3 Å². The van der Waals surface area contributed by atoms with E-state index in [0.717, 1.165) is 6.07 Å². The van der Waals surface area contributed by atoms with Gasteiger partial charge in [-0.2, -0.15) is 0 Å². The molecule has 26 heavy (non-hydrogen) atoms. The molecule has 1 atom stereocenters. The van der Waals surface area contributed by atoms with E-state index in [1.165, 1.54) is 30.4 Å². The molecule has 1 unspecified atom stereocenters. The molecule has 136 valence electrons. The molecule has 1 aliphatic rings. The lowest BCUT2D eigenvalue weighted by Crippen LogP contribution is -2.46. The average molecular weight is 356 g/mol. The Bertz CT molecular complexity index is 897. The molecule has 0 radical (unpaired) electrons. The molecule has 2 aromatic rings. The van der Waals surface area contributed by atoms with Gasteiger partial charge in [-0.1, -0.05) is 6.08 Å². The fourth-order valence-corrected chi connectivity index (χ4v) is 2.84. The minimum absolute atomic E-state index is 0.0572. The van der Waals surface area contributed by atoms with E-state index < -0.39 is 17.5 Å². The molecular weight excluding hydrogens is 336 g/mol. The van der Waals surface area contributed by atoms with Crippen LogP contribution in [-0.2, 0) is 6.42 Å². The lowest BCUT2D eigenvalue weighted by Gasteiger charge is -2.37. The minimum atomic E-state index is -0.797. The summed E-state index contributed by atoms with van der Waals surface area (Å²) < 4.78 is 5.69. The summed E-state index contributed by atoms with van der Waals surface area (Å²) in [6, 6.07) is 6.92. The molecule has 0 saturated carbocycles. The van der Waals surface area contributed by atoms with Crippen molar-refractivity contribution in [3.63, 3.8) is 0 Å². The maximum atomic E-state index is 12.2. The quantitative estimate of drug-likeness (QED) is 0.498. The van der Waals surface area contributed by atoms with Crippen molar-refractivity contribution in [1.82, 2.24) is 0 Å². The Hall–Kier alpha value is -2.99. The number of carbonyl (C=O) groups excluding carboxylic acids is 1. The number of phenolic OH excluding ortho intramolecular Hbond substituents is 3. The predicted octanol–water partition coefficient (Wildman–Crippen LogP) is 2.77. The first-order chi connectivity index (χ1) is 12.2. The summed E-state index contributed by atoms with van der Waals surface area (Å²) >= 11 is 0. The number of aromatic hydroxyl groups is 3. The molecule has 0 saturated heterocycles. The molecule has 0 spiro atoms. The molecule has 2 aromatic carbocycles. The summed E-state index contributed by atoms with van der Waals surface area (Å²) in [5.41, 5.74) is 0.468. The van der Waals surface area contributed by atoms with Crippen molar-refractivity contribution >= 4 is 11.9 Å². The third-order valence-electron chi connectivity index (χ3n) is 4.42. The van der Waals surface area contributed by atoms with Crippen LogP contribution in [0.15, 0.2) is 36.4 Å². The number of fused-ring (bicyclic) bond motifs is 1. The first-order valence-corrected chi connectivity index (χ1v) is 8.15. The van der Waals surface area contributed by atoms with Crippen LogP contribution in [0.5, 0.6) is 23.0 Å². The van der Waals surface area contributed by atoms with Crippen molar-refractivity contribution in [3.8, 4) is 23.0 Å². The maximum Gasteiger partial charge on any atom is 0.189 e. The van der Waals surface area contributed by atoms with Crippen LogP contribution < -0.4 is 4.74 Å². The molecule has 0 aliphatic carbocycles. The molecular formula is C20H20O6. The van der Waals surface area contributed by atoms with E-state index in [0.29, 0.717) is 23.3 Å². The zero-order valence-corrected chi connectivity index (χ0v) is 14.4. The lowest BCUT2D eigenvalue weighted by atomic mass is 9.90. The van der Waals surface area contributed by atoms with Gasteiger partial charge in [-0.3, -0.25) is 4.79 Å². The van der Waals surface area contributed by atoms with Crippen molar-refractivity contribution in [2.75, 3.05) is 0 Å². The van der Waals surface area contributed by atoms with E-state index in [1.807, 2.05) is 0 Å². The van der Waals surface area contributed by atoms with Gasteiger partial charge in [0.2, 0.25) is 0 Å². The fraction of sp³-hybridized carbons (Fsp3) is 0.250. The van der Waals surface area contributed by atoms with Gasteiger partial charge in [0.1, 0.15) is 17.1 Å². The number of rotatable bonds is 3. The number of allylic oxidation sites excluding steroid dienone is 1. The number of benzene rings is 2. The van der Waals surface area contributed by atoms with E-state index >= 15 is 0 Å². The first kappa shape index (κ1) is 17.8. The highest BCUT2D eigenvalue weighted by Gasteiger charge is 2.37. The number of aliphatic hydroxyl groups excluding tert-OH is 1. The zero-order valence-electron chi connectivity index (χ0n) is 14.4. The number of ketones is 1. The third kappa shape index (κ3) is 3.36. The Labute approximate surface area is 150 Å². The molecule has 0 fully saturated rings. The fourth-order valence-electron chi connectivity index (χ4n) is 2.84. The smallest absolute Gasteiger partial charge is 0.189 e. The molecule has 0 bridgehead atoms. The summed E-state index contributed by atoms with van der Waals surface area (Å²) in [6.45, 7) is 3.49. The van der Waals surface area contributed by atoms with Crippen LogP contribution in [0.25, 0.3) is 6.08 Å². The Morgan fingerprint density at radius 3 is 2.58 bits per heavy atom. The summed E-state index contributed by atoms with van der Waals surface area (Å²) in [4.78, 5) is 12.2. The topological polar surface area (TPSA) is 107 Å². The van der Waals surface area contributed by atoms with Crippen LogP contribution in [0.4, 0.5) is 0 Å². The number of hydrogen-bond donors (Lipinski definition) is 4. The van der Waals surface area contributed by atoms with Crippen LogP contribution in [-0.4, -0.2) is 37.9 Å². The summed E-state index contributed by atoms with van der Waals surface area (Å²) in [5, 5.41) is 39.4. The van der Waals surface area contributed by atoms with Crippen molar-refractivity contribution < 1.29 is 30.0 Å². The van der Waals surface area contributed by atoms with Gasteiger partial charge >= 0.3 is 0 Å². The Morgan fingerprint density at radius 1 is 1.15 bits per heavy atom.